The lowest BCUT2D eigenvalue weighted by atomic mass is 10.2. The standard InChI is InChI=1S/C10H15ClN4O2S/c1-3-6(2)13-7(16)4-5-12-8(17)9-14-15-10(11)18-9/h6H,3-5H2,1-2H3,(H,12,17)(H,13,16). The van der Waals surface area contributed by atoms with Crippen LogP contribution in [-0.4, -0.2) is 34.6 Å². The number of aromatic nitrogens is 2. The van der Waals surface area contributed by atoms with Crippen molar-refractivity contribution < 1.29 is 9.59 Å². The number of hydrogen-bond acceptors (Lipinski definition) is 5. The lowest BCUT2D eigenvalue weighted by Gasteiger charge is -2.11. The summed E-state index contributed by atoms with van der Waals surface area (Å²) in [7, 11) is 0. The number of carbonyl (C=O) groups is 2. The van der Waals surface area contributed by atoms with E-state index in [2.05, 4.69) is 20.8 Å². The fourth-order valence-corrected chi connectivity index (χ4v) is 1.86. The van der Waals surface area contributed by atoms with Gasteiger partial charge >= 0.3 is 0 Å². The van der Waals surface area contributed by atoms with Crippen molar-refractivity contribution in [1.29, 1.82) is 0 Å². The quantitative estimate of drug-likeness (QED) is 0.825. The average Bonchev–Trinajstić information content (AvgIpc) is 2.75. The molecule has 1 aromatic rings. The minimum absolute atomic E-state index is 0.0834. The van der Waals surface area contributed by atoms with Crippen molar-refractivity contribution in [3.8, 4) is 0 Å². The summed E-state index contributed by atoms with van der Waals surface area (Å²) < 4.78 is 0.217. The van der Waals surface area contributed by atoms with Gasteiger partial charge in [-0.05, 0) is 24.9 Å². The molecule has 18 heavy (non-hydrogen) atoms. The van der Waals surface area contributed by atoms with Crippen LogP contribution in [0, 0.1) is 0 Å². The molecule has 0 aliphatic carbocycles. The molecule has 0 aliphatic heterocycles. The Balaban J connectivity index is 2.25. The predicted octanol–water partition coefficient (Wildman–Crippen LogP) is 1.23. The first-order valence-corrected chi connectivity index (χ1v) is 6.79. The Labute approximate surface area is 114 Å². The second-order valence-corrected chi connectivity index (χ2v) is 5.30. The molecule has 6 nitrogen and oxygen atoms in total. The molecule has 0 saturated heterocycles. The molecule has 1 unspecified atom stereocenters. The molecular formula is C10H15ClN4O2S. The van der Waals surface area contributed by atoms with Crippen LogP contribution in [0.5, 0.6) is 0 Å². The smallest absolute Gasteiger partial charge is 0.282 e. The van der Waals surface area contributed by atoms with Crippen LogP contribution >= 0.6 is 22.9 Å². The van der Waals surface area contributed by atoms with Gasteiger partial charge in [0.25, 0.3) is 5.91 Å². The lowest BCUT2D eigenvalue weighted by Crippen LogP contribution is -2.35. The van der Waals surface area contributed by atoms with Crippen LogP contribution < -0.4 is 10.6 Å². The number of hydrogen-bond donors (Lipinski definition) is 2. The van der Waals surface area contributed by atoms with Gasteiger partial charge in [0, 0.05) is 19.0 Å². The summed E-state index contributed by atoms with van der Waals surface area (Å²) in [6.45, 7) is 4.18. The molecule has 1 heterocycles. The summed E-state index contributed by atoms with van der Waals surface area (Å²) in [5.74, 6) is -0.448. The van der Waals surface area contributed by atoms with Crippen LogP contribution in [0.4, 0.5) is 0 Å². The molecule has 2 amide bonds. The Morgan fingerprint density at radius 2 is 2.17 bits per heavy atom. The zero-order valence-electron chi connectivity index (χ0n) is 10.2. The zero-order chi connectivity index (χ0) is 13.5. The van der Waals surface area contributed by atoms with Crippen LogP contribution in [0.3, 0.4) is 0 Å². The molecule has 100 valence electrons. The highest BCUT2D eigenvalue weighted by molar-refractivity contribution is 7.17. The molecular weight excluding hydrogens is 276 g/mol. The average molecular weight is 291 g/mol. The first-order chi connectivity index (χ1) is 8.52. The largest absolute Gasteiger partial charge is 0.354 e. The van der Waals surface area contributed by atoms with Crippen molar-refractivity contribution in [2.45, 2.75) is 32.7 Å². The number of halogens is 1. The first-order valence-electron chi connectivity index (χ1n) is 5.59. The van der Waals surface area contributed by atoms with Gasteiger partial charge in [-0.25, -0.2) is 0 Å². The van der Waals surface area contributed by atoms with Crippen molar-refractivity contribution in [2.24, 2.45) is 0 Å². The van der Waals surface area contributed by atoms with Crippen LogP contribution in [0.2, 0.25) is 4.47 Å². The molecule has 1 aromatic heterocycles. The maximum absolute atomic E-state index is 11.5. The van der Waals surface area contributed by atoms with Gasteiger partial charge in [0.1, 0.15) is 0 Å². The SMILES string of the molecule is CCC(C)NC(=O)CCNC(=O)c1nnc(Cl)s1. The molecule has 2 N–H and O–H groups in total. The number of carbonyl (C=O) groups excluding carboxylic acids is 2. The summed E-state index contributed by atoms with van der Waals surface area (Å²) >= 11 is 6.56. The Bertz CT molecular complexity index is 424. The van der Waals surface area contributed by atoms with Crippen molar-refractivity contribution in [3.05, 3.63) is 9.47 Å². The minimum Gasteiger partial charge on any atom is -0.354 e. The normalized spacial score (nSPS) is 11.9. The third-order valence-electron chi connectivity index (χ3n) is 2.25. The molecule has 8 heteroatoms. The van der Waals surface area contributed by atoms with E-state index in [4.69, 9.17) is 11.6 Å². The summed E-state index contributed by atoms with van der Waals surface area (Å²) in [5.41, 5.74) is 0. The Hall–Kier alpha value is -1.21. The highest BCUT2D eigenvalue weighted by atomic mass is 35.5. The maximum atomic E-state index is 11.5. The van der Waals surface area contributed by atoms with E-state index >= 15 is 0 Å². The minimum atomic E-state index is -0.365. The van der Waals surface area contributed by atoms with Crippen molar-refractivity contribution in [1.82, 2.24) is 20.8 Å². The predicted molar refractivity (Wildman–Crippen MR) is 69.8 cm³/mol. The third-order valence-corrected chi connectivity index (χ3v) is 3.27. The van der Waals surface area contributed by atoms with Gasteiger partial charge in [-0.3, -0.25) is 9.59 Å². The van der Waals surface area contributed by atoms with E-state index in [9.17, 15) is 9.59 Å². The lowest BCUT2D eigenvalue weighted by molar-refractivity contribution is -0.121. The molecule has 0 aromatic carbocycles. The van der Waals surface area contributed by atoms with E-state index in [1.165, 1.54) is 0 Å². The maximum Gasteiger partial charge on any atom is 0.282 e. The van der Waals surface area contributed by atoms with Crippen molar-refractivity contribution >= 4 is 34.8 Å². The highest BCUT2D eigenvalue weighted by Gasteiger charge is 2.12. The third kappa shape index (κ3) is 4.97. The van der Waals surface area contributed by atoms with Crippen LogP contribution in [0.1, 0.15) is 36.5 Å². The highest BCUT2D eigenvalue weighted by Crippen LogP contribution is 2.14. The zero-order valence-corrected chi connectivity index (χ0v) is 11.8. The Morgan fingerprint density at radius 1 is 1.44 bits per heavy atom. The second-order valence-electron chi connectivity index (χ2n) is 3.74. The van der Waals surface area contributed by atoms with Gasteiger partial charge in [0.15, 0.2) is 0 Å². The van der Waals surface area contributed by atoms with Gasteiger partial charge in [-0.1, -0.05) is 18.3 Å². The summed E-state index contributed by atoms with van der Waals surface area (Å²) in [6, 6.07) is 0.148. The number of nitrogens with one attached hydrogen (secondary N) is 2. The molecule has 0 aliphatic rings. The van der Waals surface area contributed by atoms with Gasteiger partial charge in [0.2, 0.25) is 15.4 Å². The molecule has 0 spiro atoms. The molecule has 0 radical (unpaired) electrons. The van der Waals surface area contributed by atoms with E-state index < -0.39 is 0 Å². The first kappa shape index (κ1) is 14.8. The van der Waals surface area contributed by atoms with Crippen LogP contribution in [-0.2, 0) is 4.79 Å². The van der Waals surface area contributed by atoms with Crippen molar-refractivity contribution in [2.75, 3.05) is 6.54 Å². The van der Waals surface area contributed by atoms with Crippen molar-refractivity contribution in [3.63, 3.8) is 0 Å². The number of nitrogens with zero attached hydrogens (tertiary/aromatic N) is 2. The fraction of sp³-hybridized carbons (Fsp3) is 0.600. The van der Waals surface area contributed by atoms with E-state index in [0.29, 0.717) is 0 Å². The number of rotatable bonds is 6. The summed E-state index contributed by atoms with van der Waals surface area (Å²) in [5, 5.41) is 12.7. The van der Waals surface area contributed by atoms with Crippen LogP contribution in [0.15, 0.2) is 0 Å². The topological polar surface area (TPSA) is 84.0 Å². The van der Waals surface area contributed by atoms with Gasteiger partial charge < -0.3 is 10.6 Å². The van der Waals surface area contributed by atoms with Gasteiger partial charge in [0.05, 0.1) is 0 Å². The van der Waals surface area contributed by atoms with Crippen LogP contribution in [0.25, 0.3) is 0 Å². The Kier molecular flexibility index (Phi) is 6.00. The van der Waals surface area contributed by atoms with E-state index in [1.807, 2.05) is 13.8 Å². The molecule has 0 saturated carbocycles. The molecule has 1 rings (SSSR count). The summed E-state index contributed by atoms with van der Waals surface area (Å²) in [6.07, 6.45) is 1.12. The monoisotopic (exact) mass is 290 g/mol. The molecule has 1 atom stereocenters. The van der Waals surface area contributed by atoms with Gasteiger partial charge in [-0.15, -0.1) is 10.2 Å². The van der Waals surface area contributed by atoms with E-state index in [1.54, 1.807) is 0 Å². The fourth-order valence-electron chi connectivity index (χ4n) is 1.11. The van der Waals surface area contributed by atoms with E-state index in [-0.39, 0.29) is 40.3 Å². The summed E-state index contributed by atoms with van der Waals surface area (Å²) in [4.78, 5) is 22.9. The second kappa shape index (κ2) is 7.27. The van der Waals surface area contributed by atoms with Gasteiger partial charge in [-0.2, -0.15) is 0 Å². The molecule has 0 fully saturated rings. The number of amides is 2. The van der Waals surface area contributed by atoms with E-state index in [0.717, 1.165) is 17.8 Å². The molecule has 0 bridgehead atoms. The Morgan fingerprint density at radius 3 is 2.72 bits per heavy atom.